The van der Waals surface area contributed by atoms with Gasteiger partial charge in [-0.25, -0.2) is 4.79 Å². The molecule has 3 amide bonds. The summed E-state index contributed by atoms with van der Waals surface area (Å²) in [4.78, 5) is 38.0. The van der Waals surface area contributed by atoms with Gasteiger partial charge in [0.25, 0.3) is 0 Å². The fourth-order valence-corrected chi connectivity index (χ4v) is 3.16. The highest BCUT2D eigenvalue weighted by Crippen LogP contribution is 2.17. The van der Waals surface area contributed by atoms with Gasteiger partial charge in [0.15, 0.2) is 0 Å². The monoisotopic (exact) mass is 443 g/mol. The number of amides is 3. The van der Waals surface area contributed by atoms with Crippen LogP contribution < -0.4 is 10.2 Å². The van der Waals surface area contributed by atoms with Gasteiger partial charge >= 0.3 is 6.09 Å². The maximum absolute atomic E-state index is 12.1. The largest absolute Gasteiger partial charge is 0.444 e. The van der Waals surface area contributed by atoms with E-state index in [1.165, 1.54) is 4.90 Å². The van der Waals surface area contributed by atoms with Crippen molar-refractivity contribution in [1.29, 1.82) is 0 Å². The minimum absolute atomic E-state index is 0.0758. The zero-order valence-corrected chi connectivity index (χ0v) is 19.3. The molecule has 32 heavy (non-hydrogen) atoms. The number of carbonyl (C=O) groups excluding carboxylic acids is 3. The van der Waals surface area contributed by atoms with Crippen LogP contribution in [0.4, 0.5) is 10.5 Å². The summed E-state index contributed by atoms with van der Waals surface area (Å²) in [6.07, 6.45) is 2.27. The van der Waals surface area contributed by atoms with Crippen molar-refractivity contribution in [2.45, 2.75) is 51.7 Å². The highest BCUT2D eigenvalue weighted by molar-refractivity contribution is 5.80. The van der Waals surface area contributed by atoms with Crippen LogP contribution in [-0.2, 0) is 19.1 Å². The number of rotatable bonds is 7. The number of anilines is 1. The number of piperidine rings is 1. The van der Waals surface area contributed by atoms with Gasteiger partial charge in [0.2, 0.25) is 12.3 Å². The van der Waals surface area contributed by atoms with Gasteiger partial charge in [0, 0.05) is 44.4 Å². The number of ether oxygens (including phenoxy) is 2. The van der Waals surface area contributed by atoms with Crippen molar-refractivity contribution in [2.24, 2.45) is 0 Å². The summed E-state index contributed by atoms with van der Waals surface area (Å²) in [5.74, 6) is 5.94. The number of nitrogens with zero attached hydrogens (tertiary/aromatic N) is 2. The maximum Gasteiger partial charge on any atom is 0.410 e. The van der Waals surface area contributed by atoms with E-state index in [2.05, 4.69) is 17.2 Å². The first-order valence-electron chi connectivity index (χ1n) is 10.8. The highest BCUT2D eigenvalue weighted by Gasteiger charge is 2.26. The lowest BCUT2D eigenvalue weighted by atomic mass is 10.1. The van der Waals surface area contributed by atoms with Gasteiger partial charge in [-0.2, -0.15) is 0 Å². The molecule has 1 aliphatic rings. The van der Waals surface area contributed by atoms with Crippen molar-refractivity contribution in [3.63, 3.8) is 0 Å². The van der Waals surface area contributed by atoms with Crippen LogP contribution in [0.5, 0.6) is 0 Å². The molecular formula is C24H33N3O5. The van der Waals surface area contributed by atoms with Crippen molar-refractivity contribution in [3.05, 3.63) is 29.8 Å². The van der Waals surface area contributed by atoms with Crippen LogP contribution in [0.3, 0.4) is 0 Å². The van der Waals surface area contributed by atoms with E-state index in [1.54, 1.807) is 24.1 Å². The van der Waals surface area contributed by atoms with E-state index in [0.717, 1.165) is 18.4 Å². The smallest absolute Gasteiger partial charge is 0.410 e. The Morgan fingerprint density at radius 2 is 1.88 bits per heavy atom. The molecule has 2 rings (SSSR count). The molecule has 1 saturated heterocycles. The molecule has 0 bridgehead atoms. The molecule has 1 aromatic carbocycles. The van der Waals surface area contributed by atoms with Crippen molar-refractivity contribution < 1.29 is 23.9 Å². The Labute approximate surface area is 190 Å². The molecule has 1 heterocycles. The lowest BCUT2D eigenvalue weighted by molar-refractivity contribution is -0.120. The third-order valence-corrected chi connectivity index (χ3v) is 4.90. The lowest BCUT2D eigenvalue weighted by Crippen LogP contribution is -2.43. The van der Waals surface area contributed by atoms with E-state index in [9.17, 15) is 14.4 Å². The normalized spacial score (nSPS) is 14.2. The van der Waals surface area contributed by atoms with E-state index in [0.29, 0.717) is 38.3 Å². The average molecular weight is 444 g/mol. The maximum atomic E-state index is 12.1. The molecule has 1 aromatic rings. The average Bonchev–Trinajstić information content (AvgIpc) is 2.77. The molecule has 0 saturated carbocycles. The van der Waals surface area contributed by atoms with Gasteiger partial charge < -0.3 is 24.6 Å². The molecule has 8 nitrogen and oxygen atoms in total. The first kappa shape index (κ1) is 25.2. The third-order valence-electron chi connectivity index (χ3n) is 4.90. The molecule has 1 aliphatic heterocycles. The molecular weight excluding hydrogens is 410 g/mol. The van der Waals surface area contributed by atoms with E-state index in [-0.39, 0.29) is 24.5 Å². The predicted molar refractivity (Wildman–Crippen MR) is 122 cm³/mol. The standard InChI is InChI=1S/C24H33N3O5/c1-24(2,3)32-23(30)26-14-11-21(12-15-26)31-17-5-6-19-7-9-20(10-8-19)27(18-28)16-13-22(29)25-4/h7-10,18,21H,11-17H2,1-4H3,(H,25,29). The molecule has 0 aliphatic carbocycles. The first-order chi connectivity index (χ1) is 15.2. The van der Waals surface area contributed by atoms with Gasteiger partial charge in [0.1, 0.15) is 12.2 Å². The van der Waals surface area contributed by atoms with E-state index < -0.39 is 5.60 Å². The van der Waals surface area contributed by atoms with Crippen molar-refractivity contribution in [2.75, 3.05) is 38.2 Å². The Hall–Kier alpha value is -3.05. The topological polar surface area (TPSA) is 88.2 Å². The van der Waals surface area contributed by atoms with Gasteiger partial charge in [-0.15, -0.1) is 0 Å². The zero-order chi connectivity index (χ0) is 23.6. The molecule has 174 valence electrons. The Morgan fingerprint density at radius 1 is 1.22 bits per heavy atom. The van der Waals surface area contributed by atoms with Crippen LogP contribution in [0.15, 0.2) is 24.3 Å². The number of likely N-dealkylation sites (tertiary alicyclic amines) is 1. The van der Waals surface area contributed by atoms with Crippen LogP contribution in [0.1, 0.15) is 45.6 Å². The van der Waals surface area contributed by atoms with Gasteiger partial charge in [-0.3, -0.25) is 9.59 Å². The SMILES string of the molecule is CNC(=O)CCN(C=O)c1ccc(C#CCOC2CCN(C(=O)OC(C)(C)C)CC2)cc1. The quantitative estimate of drug-likeness (QED) is 0.517. The number of nitrogens with one attached hydrogen (secondary N) is 1. The van der Waals surface area contributed by atoms with E-state index >= 15 is 0 Å². The molecule has 0 radical (unpaired) electrons. The number of carbonyl (C=O) groups is 3. The lowest BCUT2D eigenvalue weighted by Gasteiger charge is -2.33. The zero-order valence-electron chi connectivity index (χ0n) is 19.3. The van der Waals surface area contributed by atoms with Crippen LogP contribution in [-0.4, -0.2) is 68.3 Å². The van der Waals surface area contributed by atoms with Crippen LogP contribution in [0.25, 0.3) is 0 Å². The Balaban J connectivity index is 1.75. The first-order valence-corrected chi connectivity index (χ1v) is 10.8. The third kappa shape index (κ3) is 8.60. The van der Waals surface area contributed by atoms with E-state index in [4.69, 9.17) is 9.47 Å². The Bertz CT molecular complexity index is 828. The van der Waals surface area contributed by atoms with E-state index in [1.807, 2.05) is 32.9 Å². The van der Waals surface area contributed by atoms with Crippen molar-refractivity contribution in [1.82, 2.24) is 10.2 Å². The van der Waals surface area contributed by atoms with Crippen LogP contribution in [0, 0.1) is 11.8 Å². The minimum atomic E-state index is -0.491. The summed E-state index contributed by atoms with van der Waals surface area (Å²) in [5, 5.41) is 2.54. The molecule has 0 unspecified atom stereocenters. The van der Waals surface area contributed by atoms with Crippen LogP contribution in [0.2, 0.25) is 0 Å². The number of hydrogen-bond acceptors (Lipinski definition) is 5. The fourth-order valence-electron chi connectivity index (χ4n) is 3.16. The summed E-state index contributed by atoms with van der Waals surface area (Å²) in [6.45, 7) is 7.43. The molecule has 0 aromatic heterocycles. The molecule has 1 N–H and O–H groups in total. The number of benzene rings is 1. The summed E-state index contributed by atoms with van der Waals surface area (Å²) in [6, 6.07) is 7.26. The summed E-state index contributed by atoms with van der Waals surface area (Å²) in [7, 11) is 1.57. The molecule has 8 heteroatoms. The second-order valence-electron chi connectivity index (χ2n) is 8.55. The fraction of sp³-hybridized carbons (Fsp3) is 0.542. The second kappa shape index (κ2) is 12.1. The summed E-state index contributed by atoms with van der Waals surface area (Å²) < 4.78 is 11.2. The molecule has 1 fully saturated rings. The number of hydrogen-bond donors (Lipinski definition) is 1. The predicted octanol–water partition coefficient (Wildman–Crippen LogP) is 2.55. The van der Waals surface area contributed by atoms with Gasteiger partial charge in [0.05, 0.1) is 6.10 Å². The second-order valence-corrected chi connectivity index (χ2v) is 8.55. The highest BCUT2D eigenvalue weighted by atomic mass is 16.6. The van der Waals surface area contributed by atoms with Crippen molar-refractivity contribution >= 4 is 24.1 Å². The van der Waals surface area contributed by atoms with Gasteiger partial charge in [-0.1, -0.05) is 11.8 Å². The van der Waals surface area contributed by atoms with Crippen molar-refractivity contribution in [3.8, 4) is 11.8 Å². The van der Waals surface area contributed by atoms with Crippen LogP contribution >= 0.6 is 0 Å². The molecule has 0 atom stereocenters. The summed E-state index contributed by atoms with van der Waals surface area (Å²) in [5.41, 5.74) is 1.03. The minimum Gasteiger partial charge on any atom is -0.444 e. The Morgan fingerprint density at radius 3 is 2.44 bits per heavy atom. The van der Waals surface area contributed by atoms with Gasteiger partial charge in [-0.05, 0) is 57.9 Å². The Kier molecular flexibility index (Phi) is 9.54. The molecule has 0 spiro atoms. The summed E-state index contributed by atoms with van der Waals surface area (Å²) >= 11 is 0.